The van der Waals surface area contributed by atoms with Gasteiger partial charge in [0.2, 0.25) is 0 Å². The van der Waals surface area contributed by atoms with E-state index in [2.05, 4.69) is 10.1 Å². The molecule has 2 rings (SSSR count). The minimum Gasteiger partial charge on any atom is -0.233 e. The van der Waals surface area contributed by atoms with E-state index in [1.54, 1.807) is 6.07 Å². The van der Waals surface area contributed by atoms with Crippen LogP contribution in [0.25, 0.3) is 5.65 Å². The summed E-state index contributed by atoms with van der Waals surface area (Å²) < 4.78 is 1.44. The number of halogens is 1. The molecule has 0 saturated carbocycles. The van der Waals surface area contributed by atoms with Crippen LogP contribution in [0.1, 0.15) is 11.3 Å². The third-order valence-corrected chi connectivity index (χ3v) is 1.95. The van der Waals surface area contributed by atoms with Crippen LogP contribution in [0.2, 0.25) is 5.15 Å². The van der Waals surface area contributed by atoms with Gasteiger partial charge in [-0.25, -0.2) is 9.50 Å². The number of fused-ring (bicyclic) bond motifs is 1. The second kappa shape index (κ2) is 2.71. The maximum atomic E-state index is 8.72. The van der Waals surface area contributed by atoms with Crippen molar-refractivity contribution in [1.29, 1.82) is 5.26 Å². The third kappa shape index (κ3) is 1.14. The summed E-state index contributed by atoms with van der Waals surface area (Å²) in [6.45, 7) is 1.82. The molecule has 0 saturated heterocycles. The Balaban J connectivity index is 2.92. The summed E-state index contributed by atoms with van der Waals surface area (Å²) in [5.41, 5.74) is 1.72. The van der Waals surface area contributed by atoms with Gasteiger partial charge >= 0.3 is 0 Å². The maximum Gasteiger partial charge on any atom is 0.174 e. The summed E-state index contributed by atoms with van der Waals surface area (Å²) in [4.78, 5) is 4.16. The number of rotatable bonds is 0. The first-order valence-corrected chi connectivity index (χ1v) is 4.01. The van der Waals surface area contributed by atoms with E-state index >= 15 is 0 Å². The first-order valence-electron chi connectivity index (χ1n) is 3.63. The van der Waals surface area contributed by atoms with E-state index in [9.17, 15) is 0 Å². The molecule has 0 aliphatic rings. The SMILES string of the molecule is Cc1cc(Cl)n2ncc(C#N)c2n1. The van der Waals surface area contributed by atoms with E-state index in [0.29, 0.717) is 16.4 Å². The number of aromatic nitrogens is 3. The molecule has 0 atom stereocenters. The number of hydrogen-bond acceptors (Lipinski definition) is 3. The van der Waals surface area contributed by atoms with Crippen LogP contribution in [0.15, 0.2) is 12.3 Å². The Hall–Kier alpha value is -1.60. The highest BCUT2D eigenvalue weighted by Gasteiger charge is 2.07. The van der Waals surface area contributed by atoms with Crippen molar-refractivity contribution in [3.63, 3.8) is 0 Å². The molecule has 5 heteroatoms. The number of hydrogen-bond donors (Lipinski definition) is 0. The van der Waals surface area contributed by atoms with Crippen molar-refractivity contribution in [1.82, 2.24) is 14.6 Å². The molecule has 0 amide bonds. The number of nitrogens with zero attached hydrogens (tertiary/aromatic N) is 4. The molecule has 2 aromatic heterocycles. The summed E-state index contributed by atoms with van der Waals surface area (Å²) in [6, 6.07) is 3.70. The normalized spacial score (nSPS) is 10.2. The lowest BCUT2D eigenvalue weighted by atomic mass is 10.3. The van der Waals surface area contributed by atoms with E-state index < -0.39 is 0 Å². The highest BCUT2D eigenvalue weighted by atomic mass is 35.5. The molecule has 2 heterocycles. The van der Waals surface area contributed by atoms with Crippen molar-refractivity contribution >= 4 is 17.2 Å². The Morgan fingerprint density at radius 1 is 1.62 bits per heavy atom. The number of nitriles is 1. The predicted octanol–water partition coefficient (Wildman–Crippen LogP) is 1.56. The molecule has 0 aliphatic carbocycles. The van der Waals surface area contributed by atoms with E-state index in [1.165, 1.54) is 10.7 Å². The average Bonchev–Trinajstić information content (AvgIpc) is 2.47. The van der Waals surface area contributed by atoms with E-state index in [4.69, 9.17) is 16.9 Å². The molecule has 0 fully saturated rings. The largest absolute Gasteiger partial charge is 0.233 e. The molecule has 0 radical (unpaired) electrons. The molecule has 4 nitrogen and oxygen atoms in total. The van der Waals surface area contributed by atoms with E-state index in [0.717, 1.165) is 5.69 Å². The standard InChI is InChI=1S/C8H5ClN4/c1-5-2-7(9)13-8(12-5)6(3-10)4-11-13/h2,4H,1H3. The first-order chi connectivity index (χ1) is 6.22. The van der Waals surface area contributed by atoms with E-state index in [1.807, 2.05) is 13.0 Å². The minimum atomic E-state index is 0.436. The zero-order valence-electron chi connectivity index (χ0n) is 6.82. The van der Waals surface area contributed by atoms with Crippen molar-refractivity contribution < 1.29 is 0 Å². The van der Waals surface area contributed by atoms with Crippen molar-refractivity contribution in [2.45, 2.75) is 6.92 Å². The maximum absolute atomic E-state index is 8.72. The molecule has 0 spiro atoms. The molecule has 0 bridgehead atoms. The van der Waals surface area contributed by atoms with Gasteiger partial charge in [-0.05, 0) is 13.0 Å². The lowest BCUT2D eigenvalue weighted by molar-refractivity contribution is 0.930. The fourth-order valence-corrected chi connectivity index (χ4v) is 1.40. The van der Waals surface area contributed by atoms with Crippen molar-refractivity contribution in [3.8, 4) is 6.07 Å². The lowest BCUT2D eigenvalue weighted by Gasteiger charge is -1.97. The number of aryl methyl sites for hydroxylation is 1. The molecule has 2 aromatic rings. The molecular weight excluding hydrogens is 188 g/mol. The Bertz CT molecular complexity index is 509. The summed E-state index contributed by atoms with van der Waals surface area (Å²) in [5, 5.41) is 13.1. The quantitative estimate of drug-likeness (QED) is 0.596. The second-order valence-electron chi connectivity index (χ2n) is 2.63. The van der Waals surface area contributed by atoms with Gasteiger partial charge < -0.3 is 0 Å². The molecule has 13 heavy (non-hydrogen) atoms. The molecular formula is C8H5ClN4. The van der Waals surface area contributed by atoms with Gasteiger partial charge in [0, 0.05) is 5.69 Å². The third-order valence-electron chi connectivity index (χ3n) is 1.68. The van der Waals surface area contributed by atoms with E-state index in [-0.39, 0.29) is 0 Å². The Labute approximate surface area is 79.4 Å². The van der Waals surface area contributed by atoms with Crippen LogP contribution >= 0.6 is 11.6 Å². The Morgan fingerprint density at radius 2 is 2.38 bits per heavy atom. The predicted molar refractivity (Wildman–Crippen MR) is 47.4 cm³/mol. The van der Waals surface area contributed by atoms with Gasteiger partial charge in [0.15, 0.2) is 5.65 Å². The molecule has 0 aliphatic heterocycles. The molecule has 64 valence electrons. The Kier molecular flexibility index (Phi) is 1.67. The van der Waals surface area contributed by atoms with Crippen LogP contribution in [0, 0.1) is 18.3 Å². The second-order valence-corrected chi connectivity index (χ2v) is 3.01. The molecule has 0 N–H and O–H groups in total. The summed E-state index contributed by atoms with van der Waals surface area (Å²) in [7, 11) is 0. The highest BCUT2D eigenvalue weighted by Crippen LogP contribution is 2.14. The van der Waals surface area contributed by atoms with Gasteiger partial charge in [0.25, 0.3) is 0 Å². The van der Waals surface area contributed by atoms with Crippen molar-refractivity contribution in [3.05, 3.63) is 28.7 Å². The summed E-state index contributed by atoms with van der Waals surface area (Å²) in [6.07, 6.45) is 1.45. The minimum absolute atomic E-state index is 0.436. The zero-order chi connectivity index (χ0) is 9.42. The van der Waals surface area contributed by atoms with Gasteiger partial charge in [-0.2, -0.15) is 10.4 Å². The zero-order valence-corrected chi connectivity index (χ0v) is 7.58. The smallest absolute Gasteiger partial charge is 0.174 e. The van der Waals surface area contributed by atoms with Gasteiger partial charge in [-0.1, -0.05) is 11.6 Å². The van der Waals surface area contributed by atoms with Gasteiger partial charge in [0.05, 0.1) is 6.20 Å². The van der Waals surface area contributed by atoms with Crippen molar-refractivity contribution in [2.75, 3.05) is 0 Å². The highest BCUT2D eigenvalue weighted by molar-refractivity contribution is 6.29. The fraction of sp³-hybridized carbons (Fsp3) is 0.125. The van der Waals surface area contributed by atoms with Crippen LogP contribution in [0.3, 0.4) is 0 Å². The Morgan fingerprint density at radius 3 is 3.08 bits per heavy atom. The van der Waals surface area contributed by atoms with Gasteiger partial charge in [0.1, 0.15) is 16.8 Å². The summed E-state index contributed by atoms with van der Waals surface area (Å²) in [5.74, 6) is 0. The fourth-order valence-electron chi connectivity index (χ4n) is 1.12. The molecule has 0 aromatic carbocycles. The monoisotopic (exact) mass is 192 g/mol. The van der Waals surface area contributed by atoms with Crippen LogP contribution < -0.4 is 0 Å². The van der Waals surface area contributed by atoms with Gasteiger partial charge in [-0.15, -0.1) is 0 Å². The van der Waals surface area contributed by atoms with Crippen LogP contribution in [-0.4, -0.2) is 14.6 Å². The summed E-state index contributed by atoms with van der Waals surface area (Å²) >= 11 is 5.88. The van der Waals surface area contributed by atoms with Crippen LogP contribution in [-0.2, 0) is 0 Å². The lowest BCUT2D eigenvalue weighted by Crippen LogP contribution is -1.94. The first kappa shape index (κ1) is 8.02. The topological polar surface area (TPSA) is 54.0 Å². The molecule has 0 unspecified atom stereocenters. The van der Waals surface area contributed by atoms with Gasteiger partial charge in [-0.3, -0.25) is 0 Å². The average molecular weight is 193 g/mol. The van der Waals surface area contributed by atoms with Crippen LogP contribution in [0.4, 0.5) is 0 Å². The van der Waals surface area contributed by atoms with Crippen LogP contribution in [0.5, 0.6) is 0 Å². The van der Waals surface area contributed by atoms with Crippen molar-refractivity contribution in [2.24, 2.45) is 0 Å².